The molecule has 0 radical (unpaired) electrons. The van der Waals surface area contributed by atoms with Gasteiger partial charge in [0.15, 0.2) is 6.10 Å². The summed E-state index contributed by atoms with van der Waals surface area (Å²) in [5.41, 5.74) is 1.08. The third kappa shape index (κ3) is 7.08. The van der Waals surface area contributed by atoms with E-state index in [0.717, 1.165) is 5.56 Å². The smallest absolute Gasteiger partial charge is 0.310 e. The lowest BCUT2D eigenvalue weighted by atomic mass is 10.2. The number of ether oxygens (including phenoxy) is 3. The maximum absolute atomic E-state index is 11.6. The number of hydrogen-bond donors (Lipinski definition) is 1. The molecule has 1 aromatic carbocycles. The topological polar surface area (TPSA) is 73.9 Å². The van der Waals surface area contributed by atoms with Crippen molar-refractivity contribution in [1.82, 2.24) is 5.32 Å². The number of carbonyl (C=O) groups is 2. The molecule has 0 aliphatic carbocycles. The molecule has 0 fully saturated rings. The third-order valence-electron chi connectivity index (χ3n) is 2.85. The van der Waals surface area contributed by atoms with Gasteiger partial charge in [-0.05, 0) is 31.5 Å². The van der Waals surface area contributed by atoms with Gasteiger partial charge in [-0.3, -0.25) is 9.59 Å². The van der Waals surface area contributed by atoms with E-state index in [4.69, 9.17) is 14.2 Å². The quantitative estimate of drug-likeness (QED) is 0.552. The predicted molar refractivity (Wildman–Crippen MR) is 81.7 cm³/mol. The Morgan fingerprint density at radius 1 is 1.27 bits per heavy atom. The fourth-order valence-electron chi connectivity index (χ4n) is 1.69. The van der Waals surface area contributed by atoms with Gasteiger partial charge < -0.3 is 19.5 Å². The number of nitrogens with one attached hydrogen (secondary N) is 1. The molecule has 0 saturated heterocycles. The van der Waals surface area contributed by atoms with Crippen LogP contribution in [-0.2, 0) is 19.1 Å². The summed E-state index contributed by atoms with van der Waals surface area (Å²) >= 11 is 0. The fraction of sp³-hybridized carbons (Fsp3) is 0.500. The van der Waals surface area contributed by atoms with Crippen molar-refractivity contribution in [3.63, 3.8) is 0 Å². The number of hydrogen-bond acceptors (Lipinski definition) is 5. The van der Waals surface area contributed by atoms with E-state index in [1.165, 1.54) is 6.92 Å². The van der Waals surface area contributed by atoms with Gasteiger partial charge in [0.2, 0.25) is 0 Å². The molecular weight excluding hydrogens is 286 g/mol. The highest BCUT2D eigenvalue weighted by Gasteiger charge is 2.17. The maximum atomic E-state index is 11.6. The van der Waals surface area contributed by atoms with Crippen LogP contribution >= 0.6 is 0 Å². The number of methoxy groups -OCH3 is 1. The van der Waals surface area contributed by atoms with E-state index in [1.807, 2.05) is 31.2 Å². The van der Waals surface area contributed by atoms with Crippen LogP contribution in [0.4, 0.5) is 0 Å². The van der Waals surface area contributed by atoms with E-state index in [1.54, 1.807) is 7.11 Å². The summed E-state index contributed by atoms with van der Waals surface area (Å²) in [6.45, 7) is 4.50. The summed E-state index contributed by atoms with van der Waals surface area (Å²) in [4.78, 5) is 23.2. The molecule has 1 amide bonds. The minimum Gasteiger partial charge on any atom is -0.493 e. The van der Waals surface area contributed by atoms with Gasteiger partial charge in [-0.25, -0.2) is 0 Å². The van der Waals surface area contributed by atoms with Crippen molar-refractivity contribution in [1.29, 1.82) is 0 Å². The molecule has 0 spiro atoms. The van der Waals surface area contributed by atoms with Crippen LogP contribution in [0.1, 0.15) is 18.9 Å². The highest BCUT2D eigenvalue weighted by molar-refractivity contribution is 5.83. The molecule has 1 atom stereocenters. The van der Waals surface area contributed by atoms with Crippen molar-refractivity contribution in [2.75, 3.05) is 26.9 Å². The molecule has 0 heterocycles. The number of amides is 1. The van der Waals surface area contributed by atoms with Crippen LogP contribution in [0.25, 0.3) is 0 Å². The number of rotatable bonds is 9. The van der Waals surface area contributed by atoms with Crippen LogP contribution in [0.5, 0.6) is 5.75 Å². The van der Waals surface area contributed by atoms with Gasteiger partial charge in [0.1, 0.15) is 5.75 Å². The van der Waals surface area contributed by atoms with Gasteiger partial charge in [-0.15, -0.1) is 0 Å². The zero-order valence-electron chi connectivity index (χ0n) is 13.3. The fourth-order valence-corrected chi connectivity index (χ4v) is 1.69. The van der Waals surface area contributed by atoms with Crippen molar-refractivity contribution < 1.29 is 23.8 Å². The Bertz CT molecular complexity index is 489. The first-order chi connectivity index (χ1) is 10.5. The molecule has 0 aromatic heterocycles. The van der Waals surface area contributed by atoms with Crippen molar-refractivity contribution in [2.45, 2.75) is 26.4 Å². The van der Waals surface area contributed by atoms with Crippen LogP contribution < -0.4 is 10.1 Å². The lowest BCUT2D eigenvalue weighted by Crippen LogP contribution is -2.37. The molecule has 1 aromatic rings. The molecule has 0 aliphatic heterocycles. The molecule has 6 heteroatoms. The SMILES string of the molecule is COCCNC(=O)[C@@H](C)OC(=O)CCOc1cccc(C)c1. The molecule has 0 unspecified atom stereocenters. The van der Waals surface area contributed by atoms with Crippen molar-refractivity contribution in [3.8, 4) is 5.75 Å². The molecule has 0 saturated carbocycles. The van der Waals surface area contributed by atoms with E-state index >= 15 is 0 Å². The minimum atomic E-state index is -0.830. The third-order valence-corrected chi connectivity index (χ3v) is 2.85. The van der Waals surface area contributed by atoms with Crippen molar-refractivity contribution in [3.05, 3.63) is 29.8 Å². The number of esters is 1. The predicted octanol–water partition coefficient (Wildman–Crippen LogP) is 1.46. The van der Waals surface area contributed by atoms with Crippen LogP contribution in [-0.4, -0.2) is 44.8 Å². The van der Waals surface area contributed by atoms with Gasteiger partial charge in [0.05, 0.1) is 19.6 Å². The second kappa shape index (κ2) is 9.78. The molecular formula is C16H23NO5. The van der Waals surface area contributed by atoms with E-state index in [-0.39, 0.29) is 18.9 Å². The van der Waals surface area contributed by atoms with Crippen molar-refractivity contribution in [2.24, 2.45) is 0 Å². The Balaban J connectivity index is 2.23. The second-order valence-electron chi connectivity index (χ2n) is 4.83. The Labute approximate surface area is 130 Å². The zero-order valence-corrected chi connectivity index (χ0v) is 13.3. The van der Waals surface area contributed by atoms with Crippen LogP contribution in [0, 0.1) is 6.92 Å². The zero-order chi connectivity index (χ0) is 16.4. The standard InChI is InChI=1S/C16H23NO5/c1-12-5-4-6-14(11-12)21-9-7-15(18)22-13(2)16(19)17-8-10-20-3/h4-6,11,13H,7-10H2,1-3H3,(H,17,19)/t13-/m1/s1. The highest BCUT2D eigenvalue weighted by Crippen LogP contribution is 2.12. The lowest BCUT2D eigenvalue weighted by molar-refractivity contribution is -0.155. The summed E-state index contributed by atoms with van der Waals surface area (Å²) < 4.78 is 15.3. The number of carbonyl (C=O) groups excluding carboxylic acids is 2. The monoisotopic (exact) mass is 309 g/mol. The second-order valence-corrected chi connectivity index (χ2v) is 4.83. The minimum absolute atomic E-state index is 0.0869. The number of aryl methyl sites for hydroxylation is 1. The van der Waals surface area contributed by atoms with Crippen LogP contribution in [0.3, 0.4) is 0 Å². The Hall–Kier alpha value is -2.08. The summed E-state index contributed by atoms with van der Waals surface area (Å²) in [5.74, 6) is -0.106. The summed E-state index contributed by atoms with van der Waals surface area (Å²) in [6.07, 6.45) is -0.743. The van der Waals surface area contributed by atoms with Gasteiger partial charge >= 0.3 is 5.97 Å². The number of benzene rings is 1. The largest absolute Gasteiger partial charge is 0.493 e. The van der Waals surface area contributed by atoms with Crippen molar-refractivity contribution >= 4 is 11.9 Å². The summed E-state index contributed by atoms with van der Waals surface area (Å²) in [5, 5.41) is 2.60. The van der Waals surface area contributed by atoms with E-state index in [9.17, 15) is 9.59 Å². The van der Waals surface area contributed by atoms with Crippen LogP contribution in [0.15, 0.2) is 24.3 Å². The van der Waals surface area contributed by atoms with Gasteiger partial charge in [-0.2, -0.15) is 0 Å². The summed E-state index contributed by atoms with van der Waals surface area (Å²) in [6, 6.07) is 7.56. The highest BCUT2D eigenvalue weighted by atomic mass is 16.5. The molecule has 0 bridgehead atoms. The molecule has 6 nitrogen and oxygen atoms in total. The molecule has 1 rings (SSSR count). The lowest BCUT2D eigenvalue weighted by Gasteiger charge is -2.13. The molecule has 0 aliphatic rings. The first kappa shape index (κ1) is 18.0. The average molecular weight is 309 g/mol. The Morgan fingerprint density at radius 2 is 2.05 bits per heavy atom. The molecule has 1 N–H and O–H groups in total. The van der Waals surface area contributed by atoms with E-state index in [2.05, 4.69) is 5.32 Å². The molecule has 22 heavy (non-hydrogen) atoms. The van der Waals surface area contributed by atoms with E-state index < -0.39 is 12.1 Å². The maximum Gasteiger partial charge on any atom is 0.310 e. The Morgan fingerprint density at radius 3 is 2.73 bits per heavy atom. The summed E-state index contributed by atoms with van der Waals surface area (Å²) in [7, 11) is 1.55. The average Bonchev–Trinajstić information content (AvgIpc) is 2.47. The molecule has 122 valence electrons. The Kier molecular flexibility index (Phi) is 7.99. The first-order valence-electron chi connectivity index (χ1n) is 7.18. The van der Waals surface area contributed by atoms with Gasteiger partial charge in [0.25, 0.3) is 5.91 Å². The van der Waals surface area contributed by atoms with Crippen LogP contribution in [0.2, 0.25) is 0 Å². The first-order valence-corrected chi connectivity index (χ1v) is 7.18. The van der Waals surface area contributed by atoms with Gasteiger partial charge in [-0.1, -0.05) is 12.1 Å². The van der Waals surface area contributed by atoms with Gasteiger partial charge in [0, 0.05) is 13.7 Å². The normalized spacial score (nSPS) is 11.6. The van der Waals surface area contributed by atoms with E-state index in [0.29, 0.717) is 18.9 Å².